The van der Waals surface area contributed by atoms with E-state index in [2.05, 4.69) is 60.8 Å². The van der Waals surface area contributed by atoms with Crippen molar-refractivity contribution in [1.29, 1.82) is 5.26 Å². The van der Waals surface area contributed by atoms with E-state index in [4.69, 9.17) is 9.40 Å². The van der Waals surface area contributed by atoms with E-state index in [1.807, 2.05) is 12.3 Å². The number of hydrogen-bond acceptors (Lipinski definition) is 13. The van der Waals surface area contributed by atoms with Gasteiger partial charge in [-0.2, -0.15) is 5.26 Å². The number of carbonyl (C=O) groups is 3. The normalized spacial score (nSPS) is 18.6. The summed E-state index contributed by atoms with van der Waals surface area (Å²) in [6, 6.07) is 11.4. The molecule has 6 heterocycles. The molecule has 3 amide bonds. The van der Waals surface area contributed by atoms with Crippen LogP contribution < -0.4 is 25.8 Å². The lowest BCUT2D eigenvalue weighted by atomic mass is 9.95. The molecule has 3 saturated heterocycles. The Kier molecular flexibility index (Phi) is 10.1. The van der Waals surface area contributed by atoms with Gasteiger partial charge in [-0.25, -0.2) is 4.39 Å². The Bertz CT molecular complexity index is 2320. The molecule has 2 aromatic carbocycles. The largest absolute Gasteiger partial charge is 0.452 e. The minimum absolute atomic E-state index is 0.127. The van der Waals surface area contributed by atoms with Gasteiger partial charge in [-0.15, -0.1) is 10.2 Å². The van der Waals surface area contributed by atoms with E-state index in [1.54, 1.807) is 29.5 Å². The van der Waals surface area contributed by atoms with Gasteiger partial charge in [-0.1, -0.05) is 11.3 Å². The van der Waals surface area contributed by atoms with Crippen LogP contribution in [0.2, 0.25) is 0 Å². The number of benzene rings is 2. The molecule has 1 atom stereocenters. The number of rotatable bonds is 9. The maximum absolute atomic E-state index is 15.1. The van der Waals surface area contributed by atoms with E-state index < -0.39 is 23.7 Å². The lowest BCUT2D eigenvalue weighted by Gasteiger charge is -2.39. The van der Waals surface area contributed by atoms with Crippen LogP contribution in [-0.4, -0.2) is 95.7 Å². The van der Waals surface area contributed by atoms with Crippen LogP contribution in [0, 0.1) is 23.1 Å². The summed E-state index contributed by atoms with van der Waals surface area (Å²) in [7, 11) is 0. The molecule has 0 bridgehead atoms. The predicted molar refractivity (Wildman–Crippen MR) is 208 cm³/mol. The number of pyridine rings is 1. The van der Waals surface area contributed by atoms with Crippen LogP contribution in [0.3, 0.4) is 0 Å². The van der Waals surface area contributed by atoms with Gasteiger partial charge in [0.15, 0.2) is 10.6 Å². The van der Waals surface area contributed by atoms with Crippen molar-refractivity contribution in [3.63, 3.8) is 0 Å². The topological polar surface area (TPSA) is 173 Å². The molecule has 3 fully saturated rings. The summed E-state index contributed by atoms with van der Waals surface area (Å²) in [5, 5.41) is 29.3. The SMILES string of the molecule is CC(C)Nc1c(-c2nnc(N3CCN(CC4CCN(c5ccc(C(=O)NC6CCC(=O)NC6=O)c(F)c5)CC4)CC3)s2)cnc2c1oc1cc(C#N)ccc12. The molecule has 3 aromatic heterocycles. The molecular formula is C39H41FN10O4S. The number of nitriles is 1. The molecule has 0 spiro atoms. The zero-order valence-electron chi connectivity index (χ0n) is 30.6. The van der Waals surface area contributed by atoms with Crippen LogP contribution in [0.25, 0.3) is 32.6 Å². The third kappa shape index (κ3) is 7.54. The number of imide groups is 1. The third-order valence-corrected chi connectivity index (χ3v) is 11.6. The molecule has 55 heavy (non-hydrogen) atoms. The molecule has 3 N–H and O–H groups in total. The third-order valence-electron chi connectivity index (χ3n) is 10.6. The average Bonchev–Trinajstić information content (AvgIpc) is 3.82. The molecule has 0 radical (unpaired) electrons. The van der Waals surface area contributed by atoms with E-state index in [1.165, 1.54) is 12.1 Å². The number of hydrogen-bond donors (Lipinski definition) is 3. The first-order valence-electron chi connectivity index (χ1n) is 18.7. The lowest BCUT2D eigenvalue weighted by Crippen LogP contribution is -2.52. The highest BCUT2D eigenvalue weighted by molar-refractivity contribution is 7.18. The number of furan rings is 1. The number of halogens is 1. The summed E-state index contributed by atoms with van der Waals surface area (Å²) in [5.74, 6) is -1.74. The molecule has 8 rings (SSSR count). The summed E-state index contributed by atoms with van der Waals surface area (Å²) < 4.78 is 21.4. The number of carbonyl (C=O) groups excluding carboxylic acids is 3. The van der Waals surface area contributed by atoms with Crippen LogP contribution in [0.5, 0.6) is 0 Å². The Hall–Kier alpha value is -5.66. The Labute approximate surface area is 320 Å². The van der Waals surface area contributed by atoms with Gasteiger partial charge < -0.3 is 24.9 Å². The minimum Gasteiger partial charge on any atom is -0.452 e. The van der Waals surface area contributed by atoms with Crippen molar-refractivity contribution in [2.24, 2.45) is 5.92 Å². The smallest absolute Gasteiger partial charge is 0.254 e. The number of amides is 3. The van der Waals surface area contributed by atoms with E-state index in [0.717, 1.165) is 96.6 Å². The molecule has 16 heteroatoms. The quantitative estimate of drug-likeness (QED) is 0.174. The second-order valence-electron chi connectivity index (χ2n) is 14.7. The Morgan fingerprint density at radius 2 is 1.85 bits per heavy atom. The van der Waals surface area contributed by atoms with Gasteiger partial charge in [0.25, 0.3) is 5.91 Å². The van der Waals surface area contributed by atoms with Gasteiger partial charge in [0.2, 0.25) is 16.9 Å². The van der Waals surface area contributed by atoms with Crippen molar-refractivity contribution in [3.8, 4) is 16.6 Å². The van der Waals surface area contributed by atoms with E-state index in [9.17, 15) is 19.6 Å². The summed E-state index contributed by atoms with van der Waals surface area (Å²) in [6.07, 6.45) is 4.11. The van der Waals surface area contributed by atoms with Crippen LogP contribution >= 0.6 is 11.3 Å². The minimum atomic E-state index is -0.861. The van der Waals surface area contributed by atoms with Crippen molar-refractivity contribution >= 4 is 67.6 Å². The lowest BCUT2D eigenvalue weighted by molar-refractivity contribution is -0.134. The molecule has 0 saturated carbocycles. The predicted octanol–water partition coefficient (Wildman–Crippen LogP) is 4.90. The zero-order chi connectivity index (χ0) is 38.2. The van der Waals surface area contributed by atoms with Crippen molar-refractivity contribution in [2.75, 3.05) is 60.9 Å². The fraction of sp³-hybridized carbons (Fsp3) is 0.410. The number of piperazine rings is 1. The van der Waals surface area contributed by atoms with Gasteiger partial charge in [0, 0.05) is 75.5 Å². The molecule has 1 unspecified atom stereocenters. The highest BCUT2D eigenvalue weighted by Gasteiger charge is 2.30. The second kappa shape index (κ2) is 15.2. The Balaban J connectivity index is 0.849. The second-order valence-corrected chi connectivity index (χ2v) is 15.7. The highest BCUT2D eigenvalue weighted by Crippen LogP contribution is 2.41. The van der Waals surface area contributed by atoms with Crippen molar-refractivity contribution < 1.29 is 23.2 Å². The first-order valence-corrected chi connectivity index (χ1v) is 19.5. The molecule has 3 aliphatic heterocycles. The number of fused-ring (bicyclic) bond motifs is 3. The molecular weight excluding hydrogens is 724 g/mol. The monoisotopic (exact) mass is 764 g/mol. The average molecular weight is 765 g/mol. The number of piperidine rings is 2. The molecule has 5 aromatic rings. The first kappa shape index (κ1) is 36.3. The maximum Gasteiger partial charge on any atom is 0.254 e. The first-order chi connectivity index (χ1) is 26.6. The van der Waals surface area contributed by atoms with Gasteiger partial charge in [-0.3, -0.25) is 29.6 Å². The van der Waals surface area contributed by atoms with Crippen LogP contribution in [0.4, 0.5) is 20.9 Å². The molecule has 0 aliphatic carbocycles. The van der Waals surface area contributed by atoms with Crippen LogP contribution in [0.15, 0.2) is 47.0 Å². The van der Waals surface area contributed by atoms with Gasteiger partial charge in [0.05, 0.1) is 28.4 Å². The van der Waals surface area contributed by atoms with E-state index in [-0.39, 0.29) is 30.4 Å². The van der Waals surface area contributed by atoms with Crippen molar-refractivity contribution in [2.45, 2.75) is 51.6 Å². The fourth-order valence-corrected chi connectivity index (χ4v) is 8.54. The number of nitrogens with zero attached hydrogens (tertiary/aromatic N) is 7. The number of aromatic nitrogens is 3. The zero-order valence-corrected chi connectivity index (χ0v) is 31.4. The Morgan fingerprint density at radius 3 is 2.58 bits per heavy atom. The van der Waals surface area contributed by atoms with E-state index >= 15 is 4.39 Å². The Morgan fingerprint density at radius 1 is 1.05 bits per heavy atom. The highest BCUT2D eigenvalue weighted by atomic mass is 32.1. The van der Waals surface area contributed by atoms with Crippen LogP contribution in [0.1, 0.15) is 55.5 Å². The standard InChI is InChI=1S/C39H41FN10O4S/c1-22(2)43-34-28(20-42-33-27-5-3-24(19-41)17-31(27)54-35(33)34)38-46-47-39(55-38)50-15-13-48(14-16-50)21-23-9-11-49(12-10-23)25-4-6-26(29(40)18-25)36(52)44-30-7-8-32(51)45-37(30)53/h3-6,17-18,20,22-23,30H,7-16,21H2,1-2H3,(H,42,43)(H,44,52)(H,45,51,53). The molecule has 14 nitrogen and oxygen atoms in total. The van der Waals surface area contributed by atoms with Gasteiger partial charge >= 0.3 is 0 Å². The van der Waals surface area contributed by atoms with E-state index in [0.29, 0.717) is 22.6 Å². The maximum atomic E-state index is 15.1. The van der Waals surface area contributed by atoms with Gasteiger partial charge in [-0.05, 0) is 75.4 Å². The van der Waals surface area contributed by atoms with Crippen molar-refractivity contribution in [3.05, 3.63) is 59.5 Å². The van der Waals surface area contributed by atoms with Crippen LogP contribution in [-0.2, 0) is 9.59 Å². The van der Waals surface area contributed by atoms with Crippen molar-refractivity contribution in [1.82, 2.24) is 30.7 Å². The summed E-state index contributed by atoms with van der Waals surface area (Å²) >= 11 is 1.54. The molecule has 284 valence electrons. The summed E-state index contributed by atoms with van der Waals surface area (Å²) in [5.41, 5.74) is 4.74. The fourth-order valence-electron chi connectivity index (χ4n) is 7.63. The number of anilines is 3. The molecule has 3 aliphatic rings. The van der Waals surface area contributed by atoms with Gasteiger partial charge in [0.1, 0.15) is 23.0 Å². The summed E-state index contributed by atoms with van der Waals surface area (Å²) in [4.78, 5) is 47.8. The number of nitrogens with one attached hydrogen (secondary N) is 3. The summed E-state index contributed by atoms with van der Waals surface area (Å²) in [6.45, 7) is 10.2.